The Bertz CT molecular complexity index is 670. The van der Waals surface area contributed by atoms with Gasteiger partial charge in [0.05, 0.1) is 25.0 Å². The molecule has 0 fully saturated rings. The number of carbonyl (C=O) groups excluding carboxylic acids is 1. The molecular weight excluding hydrogens is 288 g/mol. The van der Waals surface area contributed by atoms with Crippen molar-refractivity contribution >= 4 is 12.3 Å². The molecule has 0 saturated heterocycles. The quantitative estimate of drug-likeness (QED) is 0.882. The summed E-state index contributed by atoms with van der Waals surface area (Å²) < 4.78 is 5.33. The van der Waals surface area contributed by atoms with E-state index in [2.05, 4.69) is 10.3 Å². The fraction of sp³-hybridized carbons (Fsp3) is 0.263. The Balaban J connectivity index is 2.00. The third-order valence-electron chi connectivity index (χ3n) is 4.05. The zero-order valence-electron chi connectivity index (χ0n) is 13.1. The van der Waals surface area contributed by atoms with E-state index in [0.29, 0.717) is 6.61 Å². The SMILES string of the molecule is CCOC(=O)C1[C@@H](c2ccccc2)NC=N[C@H]1c1ccccc1. The Hall–Kier alpha value is -2.62. The summed E-state index contributed by atoms with van der Waals surface area (Å²) in [7, 11) is 0. The standard InChI is InChI=1S/C19H20N2O2/c1-2-23-19(22)16-17(14-9-5-3-6-10-14)20-13-21-18(16)15-11-7-4-8-12-15/h3-13,16-18H,2H2,1H3,(H,20,21)/t16?,17-,18+. The number of aliphatic imine (C=N–C) groups is 1. The van der Waals surface area contributed by atoms with Crippen LogP contribution in [0.25, 0.3) is 0 Å². The number of hydrogen-bond donors (Lipinski definition) is 1. The summed E-state index contributed by atoms with van der Waals surface area (Å²) in [6, 6.07) is 19.4. The largest absolute Gasteiger partial charge is 0.466 e. The van der Waals surface area contributed by atoms with Gasteiger partial charge >= 0.3 is 5.97 Å². The van der Waals surface area contributed by atoms with E-state index in [9.17, 15) is 4.79 Å². The molecule has 1 aliphatic heterocycles. The third kappa shape index (κ3) is 3.26. The van der Waals surface area contributed by atoms with Gasteiger partial charge < -0.3 is 10.1 Å². The number of ether oxygens (including phenoxy) is 1. The first kappa shape index (κ1) is 15.3. The second-order valence-electron chi connectivity index (χ2n) is 5.47. The highest BCUT2D eigenvalue weighted by Gasteiger charge is 2.40. The van der Waals surface area contributed by atoms with E-state index >= 15 is 0 Å². The minimum Gasteiger partial charge on any atom is -0.466 e. The van der Waals surface area contributed by atoms with E-state index in [-0.39, 0.29) is 18.1 Å². The van der Waals surface area contributed by atoms with Gasteiger partial charge in [0.15, 0.2) is 0 Å². The minimum absolute atomic E-state index is 0.155. The molecule has 0 aromatic heterocycles. The van der Waals surface area contributed by atoms with E-state index in [1.54, 1.807) is 6.34 Å². The molecule has 0 bridgehead atoms. The van der Waals surface area contributed by atoms with Gasteiger partial charge in [0.1, 0.15) is 5.92 Å². The third-order valence-corrected chi connectivity index (χ3v) is 4.05. The number of carbonyl (C=O) groups is 1. The van der Waals surface area contributed by atoms with Crippen LogP contribution >= 0.6 is 0 Å². The van der Waals surface area contributed by atoms with Crippen LogP contribution in [0.1, 0.15) is 30.1 Å². The molecular formula is C19H20N2O2. The molecule has 0 amide bonds. The number of hydrogen-bond acceptors (Lipinski definition) is 4. The topological polar surface area (TPSA) is 50.7 Å². The Morgan fingerprint density at radius 1 is 1.04 bits per heavy atom. The first-order valence-electron chi connectivity index (χ1n) is 7.85. The van der Waals surface area contributed by atoms with Gasteiger partial charge in [0.25, 0.3) is 0 Å². The van der Waals surface area contributed by atoms with Crippen LogP contribution in [0.15, 0.2) is 65.7 Å². The van der Waals surface area contributed by atoms with Crippen molar-refractivity contribution in [2.24, 2.45) is 10.9 Å². The highest BCUT2D eigenvalue weighted by atomic mass is 16.5. The molecule has 1 heterocycles. The lowest BCUT2D eigenvalue weighted by molar-refractivity contribution is -0.150. The maximum Gasteiger partial charge on any atom is 0.313 e. The summed E-state index contributed by atoms with van der Waals surface area (Å²) >= 11 is 0. The molecule has 1 unspecified atom stereocenters. The average Bonchev–Trinajstić information content (AvgIpc) is 2.63. The lowest BCUT2D eigenvalue weighted by Gasteiger charge is -2.34. The number of esters is 1. The van der Waals surface area contributed by atoms with Crippen molar-refractivity contribution in [3.05, 3.63) is 71.8 Å². The van der Waals surface area contributed by atoms with Crippen LogP contribution in [-0.4, -0.2) is 18.9 Å². The summed E-state index contributed by atoms with van der Waals surface area (Å²) in [5.41, 5.74) is 2.07. The van der Waals surface area contributed by atoms with E-state index in [0.717, 1.165) is 11.1 Å². The molecule has 0 spiro atoms. The predicted molar refractivity (Wildman–Crippen MR) is 90.1 cm³/mol. The van der Waals surface area contributed by atoms with Crippen molar-refractivity contribution in [1.29, 1.82) is 0 Å². The van der Waals surface area contributed by atoms with Gasteiger partial charge in [0.2, 0.25) is 0 Å². The van der Waals surface area contributed by atoms with E-state index < -0.39 is 5.92 Å². The van der Waals surface area contributed by atoms with Crippen molar-refractivity contribution in [3.8, 4) is 0 Å². The van der Waals surface area contributed by atoms with Crippen LogP contribution in [0.3, 0.4) is 0 Å². The Morgan fingerprint density at radius 3 is 2.26 bits per heavy atom. The van der Waals surface area contributed by atoms with Gasteiger partial charge in [-0.25, -0.2) is 0 Å². The lowest BCUT2D eigenvalue weighted by Crippen LogP contribution is -2.40. The molecule has 0 radical (unpaired) electrons. The molecule has 3 atom stereocenters. The number of rotatable bonds is 4. The van der Waals surface area contributed by atoms with Crippen molar-refractivity contribution in [1.82, 2.24) is 5.32 Å². The van der Waals surface area contributed by atoms with Gasteiger partial charge in [-0.3, -0.25) is 9.79 Å². The average molecular weight is 308 g/mol. The zero-order valence-corrected chi connectivity index (χ0v) is 13.1. The molecule has 2 aromatic carbocycles. The first-order valence-corrected chi connectivity index (χ1v) is 7.85. The monoisotopic (exact) mass is 308 g/mol. The van der Waals surface area contributed by atoms with Crippen LogP contribution in [-0.2, 0) is 9.53 Å². The molecule has 3 rings (SSSR count). The zero-order chi connectivity index (χ0) is 16.1. The molecule has 0 aliphatic carbocycles. The van der Waals surface area contributed by atoms with Gasteiger partial charge in [-0.05, 0) is 18.1 Å². The highest BCUT2D eigenvalue weighted by Crippen LogP contribution is 2.38. The summed E-state index contributed by atoms with van der Waals surface area (Å²) in [6.45, 7) is 2.19. The first-order chi connectivity index (χ1) is 11.3. The molecule has 0 saturated carbocycles. The molecule has 23 heavy (non-hydrogen) atoms. The van der Waals surface area contributed by atoms with Crippen molar-refractivity contribution in [2.45, 2.75) is 19.0 Å². The summed E-state index contributed by atoms with van der Waals surface area (Å²) in [6.07, 6.45) is 1.70. The maximum absolute atomic E-state index is 12.6. The van der Waals surface area contributed by atoms with Crippen molar-refractivity contribution in [3.63, 3.8) is 0 Å². The molecule has 2 aromatic rings. The second-order valence-corrected chi connectivity index (χ2v) is 5.47. The van der Waals surface area contributed by atoms with E-state index in [4.69, 9.17) is 4.74 Å². The number of nitrogens with zero attached hydrogens (tertiary/aromatic N) is 1. The summed E-state index contributed by atoms with van der Waals surface area (Å²) in [5, 5.41) is 3.23. The number of nitrogens with one attached hydrogen (secondary N) is 1. The lowest BCUT2D eigenvalue weighted by atomic mass is 9.83. The Kier molecular flexibility index (Phi) is 4.71. The predicted octanol–water partition coefficient (Wildman–Crippen LogP) is 3.28. The molecule has 1 N–H and O–H groups in total. The molecule has 4 heteroatoms. The van der Waals surface area contributed by atoms with Crippen LogP contribution in [0.4, 0.5) is 0 Å². The van der Waals surface area contributed by atoms with E-state index in [1.165, 1.54) is 0 Å². The molecule has 1 aliphatic rings. The summed E-state index contributed by atoms with van der Waals surface area (Å²) in [5.74, 6) is -0.621. The van der Waals surface area contributed by atoms with Crippen LogP contribution < -0.4 is 5.32 Å². The van der Waals surface area contributed by atoms with E-state index in [1.807, 2.05) is 67.6 Å². The van der Waals surface area contributed by atoms with Gasteiger partial charge in [-0.15, -0.1) is 0 Å². The van der Waals surface area contributed by atoms with Gasteiger partial charge in [0, 0.05) is 0 Å². The highest BCUT2D eigenvalue weighted by molar-refractivity contribution is 5.77. The number of benzene rings is 2. The molecule has 118 valence electrons. The smallest absolute Gasteiger partial charge is 0.313 e. The van der Waals surface area contributed by atoms with Crippen LogP contribution in [0, 0.1) is 5.92 Å². The van der Waals surface area contributed by atoms with Gasteiger partial charge in [-0.2, -0.15) is 0 Å². The van der Waals surface area contributed by atoms with Crippen molar-refractivity contribution in [2.75, 3.05) is 6.61 Å². The van der Waals surface area contributed by atoms with Crippen LogP contribution in [0.5, 0.6) is 0 Å². The van der Waals surface area contributed by atoms with Gasteiger partial charge in [-0.1, -0.05) is 60.7 Å². The molecule has 4 nitrogen and oxygen atoms in total. The fourth-order valence-electron chi connectivity index (χ4n) is 2.99. The Morgan fingerprint density at radius 2 is 1.65 bits per heavy atom. The van der Waals surface area contributed by atoms with Crippen molar-refractivity contribution < 1.29 is 9.53 Å². The van der Waals surface area contributed by atoms with Crippen LogP contribution in [0.2, 0.25) is 0 Å². The fourth-order valence-corrected chi connectivity index (χ4v) is 2.99. The minimum atomic E-state index is -0.398. The second kappa shape index (κ2) is 7.09. The Labute approximate surface area is 136 Å². The maximum atomic E-state index is 12.6. The normalized spacial score (nSPS) is 23.1. The summed E-state index contributed by atoms with van der Waals surface area (Å²) in [4.78, 5) is 17.2.